The molecule has 0 radical (unpaired) electrons. The Morgan fingerprint density at radius 2 is 1.89 bits per heavy atom. The maximum Gasteiger partial charge on any atom is 0.191 e. The highest BCUT2D eigenvalue weighted by atomic mass is 32.2. The number of nitrogens with zero attached hydrogens (tertiary/aromatic N) is 5. The van der Waals surface area contributed by atoms with Crippen molar-refractivity contribution < 1.29 is 0 Å². The summed E-state index contributed by atoms with van der Waals surface area (Å²) in [6.45, 7) is 4.30. The average Bonchev–Trinajstić information content (AvgIpc) is 3.41. The molecule has 4 rings (SSSR count). The van der Waals surface area contributed by atoms with Crippen LogP contribution in [0, 0.1) is 11.3 Å². The minimum Gasteiger partial charge on any atom is -0.302 e. The molecule has 1 fully saturated rings. The maximum atomic E-state index is 9.33. The molecule has 1 aliphatic heterocycles. The van der Waals surface area contributed by atoms with Gasteiger partial charge in [0.25, 0.3) is 0 Å². The van der Waals surface area contributed by atoms with Crippen LogP contribution in [0.25, 0.3) is 10.7 Å². The van der Waals surface area contributed by atoms with Crippen LogP contribution in [-0.4, -0.2) is 39.3 Å². The van der Waals surface area contributed by atoms with Gasteiger partial charge in [0.15, 0.2) is 11.0 Å². The van der Waals surface area contributed by atoms with Gasteiger partial charge in [-0.05, 0) is 49.0 Å². The first kappa shape index (κ1) is 19.2. The van der Waals surface area contributed by atoms with Crippen molar-refractivity contribution in [3.05, 3.63) is 52.9 Å². The molecular formula is C21H23N5S2. The van der Waals surface area contributed by atoms with Crippen LogP contribution < -0.4 is 0 Å². The van der Waals surface area contributed by atoms with Crippen molar-refractivity contribution in [1.29, 1.82) is 5.26 Å². The Morgan fingerprint density at radius 1 is 1.04 bits per heavy atom. The maximum absolute atomic E-state index is 9.33. The minimum atomic E-state index is 0.718. The smallest absolute Gasteiger partial charge is 0.191 e. The van der Waals surface area contributed by atoms with Gasteiger partial charge in [-0.25, -0.2) is 0 Å². The molecule has 1 aliphatic rings. The quantitative estimate of drug-likeness (QED) is 0.531. The van der Waals surface area contributed by atoms with E-state index < -0.39 is 0 Å². The standard InChI is InChI=1S/C21H23N5S2/c22-15-17-7-2-3-8-18(17)16-28-21-24-23-20(19-9-6-14-27-19)26(21)13-12-25-10-4-1-5-11-25/h2-3,6-9,14H,1,4-5,10-13,16H2. The highest BCUT2D eigenvalue weighted by Gasteiger charge is 2.17. The van der Waals surface area contributed by atoms with E-state index in [0.717, 1.165) is 45.8 Å². The topological polar surface area (TPSA) is 57.7 Å². The molecule has 0 saturated carbocycles. The molecule has 0 bridgehead atoms. The van der Waals surface area contributed by atoms with E-state index in [2.05, 4.69) is 43.2 Å². The zero-order chi connectivity index (χ0) is 19.2. The lowest BCUT2D eigenvalue weighted by Gasteiger charge is -2.26. The minimum absolute atomic E-state index is 0.718. The molecule has 28 heavy (non-hydrogen) atoms. The molecule has 0 atom stereocenters. The van der Waals surface area contributed by atoms with Gasteiger partial charge in [0.05, 0.1) is 16.5 Å². The van der Waals surface area contributed by atoms with E-state index in [1.165, 1.54) is 32.4 Å². The second kappa shape index (κ2) is 9.37. The number of rotatable bonds is 7. The Morgan fingerprint density at radius 3 is 2.68 bits per heavy atom. The predicted octanol–water partition coefficient (Wildman–Crippen LogP) is 4.66. The molecule has 0 N–H and O–H groups in total. The Balaban J connectivity index is 1.53. The van der Waals surface area contributed by atoms with E-state index >= 15 is 0 Å². The van der Waals surface area contributed by atoms with Crippen LogP contribution in [0.2, 0.25) is 0 Å². The second-order valence-electron chi connectivity index (χ2n) is 6.90. The van der Waals surface area contributed by atoms with Crippen molar-refractivity contribution in [2.75, 3.05) is 19.6 Å². The first-order chi connectivity index (χ1) is 13.8. The third kappa shape index (κ3) is 4.46. The van der Waals surface area contributed by atoms with Gasteiger partial charge >= 0.3 is 0 Å². The molecule has 0 spiro atoms. The Bertz CT molecular complexity index is 936. The number of thiophene rings is 1. The number of benzene rings is 1. The largest absolute Gasteiger partial charge is 0.302 e. The summed E-state index contributed by atoms with van der Waals surface area (Å²) in [5, 5.41) is 21.3. The Labute approximate surface area is 174 Å². The molecule has 1 saturated heterocycles. The molecule has 0 amide bonds. The molecule has 2 aromatic heterocycles. The molecule has 0 unspecified atom stereocenters. The second-order valence-corrected chi connectivity index (χ2v) is 8.79. The van der Waals surface area contributed by atoms with Gasteiger partial charge in [-0.2, -0.15) is 5.26 Å². The molecule has 1 aromatic carbocycles. The third-order valence-electron chi connectivity index (χ3n) is 5.04. The van der Waals surface area contributed by atoms with Crippen molar-refractivity contribution in [3.8, 4) is 16.8 Å². The Hall–Kier alpha value is -2.14. The molecule has 7 heteroatoms. The molecule has 3 aromatic rings. The van der Waals surface area contributed by atoms with Crippen LogP contribution in [0.15, 0.2) is 46.9 Å². The zero-order valence-corrected chi connectivity index (χ0v) is 17.4. The fourth-order valence-electron chi connectivity index (χ4n) is 3.51. The summed E-state index contributed by atoms with van der Waals surface area (Å²) < 4.78 is 2.25. The summed E-state index contributed by atoms with van der Waals surface area (Å²) in [5.74, 6) is 1.67. The SMILES string of the molecule is N#Cc1ccccc1CSc1nnc(-c2cccs2)n1CCN1CCCCC1. The van der Waals surface area contributed by atoms with Gasteiger partial charge in [-0.15, -0.1) is 21.5 Å². The van der Waals surface area contributed by atoms with Crippen molar-refractivity contribution in [2.24, 2.45) is 0 Å². The molecule has 0 aliphatic carbocycles. The van der Waals surface area contributed by atoms with Crippen molar-refractivity contribution in [2.45, 2.75) is 36.7 Å². The van der Waals surface area contributed by atoms with Crippen LogP contribution in [-0.2, 0) is 12.3 Å². The van der Waals surface area contributed by atoms with Gasteiger partial charge in [-0.1, -0.05) is 42.4 Å². The molecular weight excluding hydrogens is 386 g/mol. The van der Waals surface area contributed by atoms with E-state index in [9.17, 15) is 5.26 Å². The summed E-state index contributed by atoms with van der Waals surface area (Å²) in [5.41, 5.74) is 1.77. The van der Waals surface area contributed by atoms with E-state index in [1.807, 2.05) is 24.3 Å². The van der Waals surface area contributed by atoms with Gasteiger partial charge in [0.2, 0.25) is 0 Å². The van der Waals surface area contributed by atoms with Crippen LogP contribution in [0.5, 0.6) is 0 Å². The first-order valence-corrected chi connectivity index (χ1v) is 11.5. The van der Waals surface area contributed by atoms with E-state index in [4.69, 9.17) is 0 Å². The van der Waals surface area contributed by atoms with Crippen LogP contribution in [0.1, 0.15) is 30.4 Å². The number of thioether (sulfide) groups is 1. The summed E-state index contributed by atoms with van der Waals surface area (Å²) in [6.07, 6.45) is 3.95. The molecule has 5 nitrogen and oxygen atoms in total. The van der Waals surface area contributed by atoms with Crippen molar-refractivity contribution in [3.63, 3.8) is 0 Å². The molecule has 3 heterocycles. The summed E-state index contributed by atoms with van der Waals surface area (Å²) in [4.78, 5) is 3.69. The highest BCUT2D eigenvalue weighted by molar-refractivity contribution is 7.98. The summed E-state index contributed by atoms with van der Waals surface area (Å²) in [7, 11) is 0. The predicted molar refractivity (Wildman–Crippen MR) is 114 cm³/mol. The number of likely N-dealkylation sites (tertiary alicyclic amines) is 1. The monoisotopic (exact) mass is 409 g/mol. The third-order valence-corrected chi connectivity index (χ3v) is 6.92. The lowest BCUT2D eigenvalue weighted by Crippen LogP contribution is -2.32. The van der Waals surface area contributed by atoms with Gasteiger partial charge < -0.3 is 9.47 Å². The fourth-order valence-corrected chi connectivity index (χ4v) is 5.19. The lowest BCUT2D eigenvalue weighted by molar-refractivity contribution is 0.219. The van der Waals surface area contributed by atoms with Crippen molar-refractivity contribution in [1.82, 2.24) is 19.7 Å². The number of aromatic nitrogens is 3. The van der Waals surface area contributed by atoms with E-state index in [-0.39, 0.29) is 0 Å². The number of nitriles is 1. The van der Waals surface area contributed by atoms with E-state index in [0.29, 0.717) is 0 Å². The summed E-state index contributed by atoms with van der Waals surface area (Å²) in [6, 6.07) is 14.2. The van der Waals surface area contributed by atoms with Crippen LogP contribution in [0.4, 0.5) is 0 Å². The number of piperidine rings is 1. The Kier molecular flexibility index (Phi) is 6.42. The fraction of sp³-hybridized carbons (Fsp3) is 0.381. The van der Waals surface area contributed by atoms with Gasteiger partial charge in [0, 0.05) is 18.8 Å². The first-order valence-electron chi connectivity index (χ1n) is 9.65. The van der Waals surface area contributed by atoms with E-state index in [1.54, 1.807) is 23.1 Å². The molecule has 144 valence electrons. The van der Waals surface area contributed by atoms with Crippen LogP contribution in [0.3, 0.4) is 0 Å². The highest BCUT2D eigenvalue weighted by Crippen LogP contribution is 2.29. The van der Waals surface area contributed by atoms with Crippen molar-refractivity contribution >= 4 is 23.1 Å². The van der Waals surface area contributed by atoms with Crippen LogP contribution >= 0.6 is 23.1 Å². The van der Waals surface area contributed by atoms with Gasteiger partial charge in [-0.3, -0.25) is 0 Å². The lowest BCUT2D eigenvalue weighted by atomic mass is 10.1. The normalized spacial score (nSPS) is 14.8. The average molecular weight is 410 g/mol. The summed E-state index contributed by atoms with van der Waals surface area (Å²) >= 11 is 3.35. The number of hydrogen-bond donors (Lipinski definition) is 0. The zero-order valence-electron chi connectivity index (χ0n) is 15.8. The number of hydrogen-bond acceptors (Lipinski definition) is 6. The van der Waals surface area contributed by atoms with Gasteiger partial charge in [0.1, 0.15) is 0 Å².